The van der Waals surface area contributed by atoms with E-state index in [2.05, 4.69) is 78.4 Å². The highest BCUT2D eigenvalue weighted by molar-refractivity contribution is 6.32. The van der Waals surface area contributed by atoms with E-state index in [1.165, 1.54) is 22.4 Å². The molecule has 1 aliphatic carbocycles. The fourth-order valence-electron chi connectivity index (χ4n) is 5.06. The van der Waals surface area contributed by atoms with Gasteiger partial charge >= 0.3 is 0 Å². The van der Waals surface area contributed by atoms with Gasteiger partial charge in [-0.15, -0.1) is 0 Å². The number of hydrogen-bond donors (Lipinski definition) is 1. The van der Waals surface area contributed by atoms with E-state index in [9.17, 15) is 0 Å². The van der Waals surface area contributed by atoms with E-state index in [-0.39, 0.29) is 6.04 Å². The molecule has 5 heteroatoms. The second-order valence-electron chi connectivity index (χ2n) is 9.05. The predicted molar refractivity (Wildman–Crippen MR) is 145 cm³/mol. The number of methoxy groups -OCH3 is 1. The maximum Gasteiger partial charge on any atom is 0.180 e. The van der Waals surface area contributed by atoms with Crippen LogP contribution in [0.1, 0.15) is 40.6 Å². The summed E-state index contributed by atoms with van der Waals surface area (Å²) >= 11 is 6.41. The Bertz CT molecular complexity index is 1300. The summed E-state index contributed by atoms with van der Waals surface area (Å²) in [5, 5.41) is 4.28. The summed E-state index contributed by atoms with van der Waals surface area (Å²) in [6.07, 6.45) is 9.25. The van der Waals surface area contributed by atoms with E-state index in [0.29, 0.717) is 35.0 Å². The van der Waals surface area contributed by atoms with Crippen LogP contribution in [0.3, 0.4) is 0 Å². The molecule has 0 saturated carbocycles. The van der Waals surface area contributed by atoms with Gasteiger partial charge in [0.1, 0.15) is 6.61 Å². The van der Waals surface area contributed by atoms with E-state index < -0.39 is 0 Å². The van der Waals surface area contributed by atoms with Crippen LogP contribution in [0.25, 0.3) is 0 Å². The van der Waals surface area contributed by atoms with E-state index in [1.54, 1.807) is 19.4 Å². The molecule has 2 aliphatic rings. The average molecular weight is 485 g/mol. The normalized spacial score (nSPS) is 20.3. The molecule has 178 valence electrons. The minimum atomic E-state index is 0.273. The topological polar surface area (TPSA) is 42.8 Å². The van der Waals surface area contributed by atoms with Crippen molar-refractivity contribution >= 4 is 29.2 Å². The number of anilines is 1. The summed E-state index contributed by atoms with van der Waals surface area (Å²) in [7, 11) is 1.59. The molecule has 0 aromatic heterocycles. The first-order valence-corrected chi connectivity index (χ1v) is 12.2. The highest BCUT2D eigenvalue weighted by Crippen LogP contribution is 2.50. The number of benzene rings is 3. The Hall–Kier alpha value is -3.50. The largest absolute Gasteiger partial charge is 0.493 e. The SMILES string of the molecule is C=CCOc1c(Cl)cc(C=Nc2ccc([C@@H]3Nc4ccc(C)cc4[C@H]4C=CC[C@H]43)cc2)cc1OC. The summed E-state index contributed by atoms with van der Waals surface area (Å²) in [4.78, 5) is 4.65. The monoisotopic (exact) mass is 484 g/mol. The number of nitrogens with zero attached hydrogens (tertiary/aromatic N) is 1. The zero-order valence-electron chi connectivity index (χ0n) is 20.0. The molecule has 5 rings (SSSR count). The zero-order valence-corrected chi connectivity index (χ0v) is 20.8. The molecule has 4 nitrogen and oxygen atoms in total. The van der Waals surface area contributed by atoms with Crippen LogP contribution in [0.5, 0.6) is 11.5 Å². The third kappa shape index (κ3) is 4.71. The lowest BCUT2D eigenvalue weighted by molar-refractivity contribution is 0.326. The molecule has 0 amide bonds. The first-order chi connectivity index (χ1) is 17.1. The minimum Gasteiger partial charge on any atom is -0.493 e. The van der Waals surface area contributed by atoms with Gasteiger partial charge in [0.15, 0.2) is 11.5 Å². The molecule has 0 spiro atoms. The van der Waals surface area contributed by atoms with Crippen molar-refractivity contribution < 1.29 is 9.47 Å². The predicted octanol–water partition coefficient (Wildman–Crippen LogP) is 7.80. The second kappa shape index (κ2) is 10.0. The number of aryl methyl sites for hydroxylation is 1. The first-order valence-electron chi connectivity index (χ1n) is 11.9. The van der Waals surface area contributed by atoms with Crippen LogP contribution in [-0.4, -0.2) is 19.9 Å². The summed E-state index contributed by atoms with van der Waals surface area (Å²) in [5.74, 6) is 2.06. The highest BCUT2D eigenvalue weighted by atomic mass is 35.5. The van der Waals surface area contributed by atoms with Gasteiger partial charge in [-0.3, -0.25) is 4.99 Å². The fourth-order valence-corrected chi connectivity index (χ4v) is 5.33. The molecule has 0 radical (unpaired) electrons. The lowest BCUT2D eigenvalue weighted by Crippen LogP contribution is -2.29. The fraction of sp³-hybridized carbons (Fsp3) is 0.233. The highest BCUT2D eigenvalue weighted by Gasteiger charge is 2.37. The molecule has 0 fully saturated rings. The second-order valence-corrected chi connectivity index (χ2v) is 9.46. The van der Waals surface area contributed by atoms with Crippen LogP contribution in [-0.2, 0) is 0 Å². The molecule has 0 saturated heterocycles. The van der Waals surface area contributed by atoms with Gasteiger partial charge in [-0.1, -0.05) is 66.2 Å². The van der Waals surface area contributed by atoms with Crippen LogP contribution in [0.2, 0.25) is 5.02 Å². The number of allylic oxidation sites excluding steroid dienone is 2. The van der Waals surface area contributed by atoms with Crippen molar-refractivity contribution in [1.29, 1.82) is 0 Å². The van der Waals surface area contributed by atoms with Crippen molar-refractivity contribution in [2.24, 2.45) is 10.9 Å². The zero-order chi connectivity index (χ0) is 24.4. The van der Waals surface area contributed by atoms with Gasteiger partial charge in [-0.05, 0) is 66.3 Å². The first kappa shape index (κ1) is 23.3. The van der Waals surface area contributed by atoms with Crippen LogP contribution in [0, 0.1) is 12.8 Å². The van der Waals surface area contributed by atoms with Gasteiger partial charge in [0.25, 0.3) is 0 Å². The molecular weight excluding hydrogens is 456 g/mol. The Kier molecular flexibility index (Phi) is 6.65. The number of hydrogen-bond acceptors (Lipinski definition) is 4. The van der Waals surface area contributed by atoms with Crippen molar-refractivity contribution in [3.8, 4) is 11.5 Å². The number of halogens is 1. The van der Waals surface area contributed by atoms with Crippen molar-refractivity contribution in [2.45, 2.75) is 25.3 Å². The molecule has 3 aromatic carbocycles. The van der Waals surface area contributed by atoms with E-state index in [0.717, 1.165) is 17.7 Å². The quantitative estimate of drug-likeness (QED) is 0.275. The Morgan fingerprint density at radius 1 is 1.14 bits per heavy atom. The Labute approximate surface area is 212 Å². The van der Waals surface area contributed by atoms with Gasteiger partial charge in [0, 0.05) is 17.8 Å². The molecular formula is C30H29ClN2O2. The minimum absolute atomic E-state index is 0.273. The molecule has 0 bridgehead atoms. The summed E-state index contributed by atoms with van der Waals surface area (Å²) in [6.45, 7) is 6.19. The number of ether oxygens (including phenoxy) is 2. The third-order valence-electron chi connectivity index (χ3n) is 6.73. The molecule has 3 atom stereocenters. The van der Waals surface area contributed by atoms with E-state index in [1.807, 2.05) is 12.1 Å². The molecule has 1 heterocycles. The maximum absolute atomic E-state index is 6.41. The summed E-state index contributed by atoms with van der Waals surface area (Å²) in [5.41, 5.74) is 6.95. The van der Waals surface area contributed by atoms with Gasteiger partial charge in [-0.25, -0.2) is 0 Å². The lowest BCUT2D eigenvalue weighted by Gasteiger charge is -2.37. The Balaban J connectivity index is 1.35. The number of aliphatic imine (C=N–C) groups is 1. The van der Waals surface area contributed by atoms with Gasteiger partial charge < -0.3 is 14.8 Å². The third-order valence-corrected chi connectivity index (χ3v) is 7.01. The lowest BCUT2D eigenvalue weighted by atomic mass is 9.76. The maximum atomic E-state index is 6.41. The van der Waals surface area contributed by atoms with Crippen LogP contribution in [0.4, 0.5) is 11.4 Å². The number of nitrogens with one attached hydrogen (secondary N) is 1. The smallest absolute Gasteiger partial charge is 0.180 e. The Morgan fingerprint density at radius 2 is 1.97 bits per heavy atom. The molecule has 3 aromatic rings. The van der Waals surface area contributed by atoms with Gasteiger partial charge in [0.2, 0.25) is 0 Å². The molecule has 1 N–H and O–H groups in total. The molecule has 35 heavy (non-hydrogen) atoms. The van der Waals surface area contributed by atoms with Crippen molar-refractivity contribution in [3.63, 3.8) is 0 Å². The number of rotatable bonds is 7. The standard InChI is InChI=1S/C30H29ClN2O2/c1-4-14-35-30-26(31)16-20(17-28(30)34-3)18-32-22-11-9-21(10-12-22)29-24-7-5-6-23(24)25-15-19(2)8-13-27(25)33-29/h4-6,8-13,15-18,23-24,29,33H,1,7,14H2,2-3H3/t23-,24+,29-/m0/s1. The van der Waals surface area contributed by atoms with Gasteiger partial charge in [-0.2, -0.15) is 0 Å². The van der Waals surface area contributed by atoms with Crippen molar-refractivity contribution in [1.82, 2.24) is 0 Å². The van der Waals surface area contributed by atoms with Crippen LogP contribution >= 0.6 is 11.6 Å². The Morgan fingerprint density at radius 3 is 2.74 bits per heavy atom. The average Bonchev–Trinajstić information content (AvgIpc) is 3.37. The van der Waals surface area contributed by atoms with E-state index >= 15 is 0 Å². The van der Waals surface area contributed by atoms with Crippen molar-refractivity contribution in [2.75, 3.05) is 19.0 Å². The molecule has 1 aliphatic heterocycles. The molecule has 0 unspecified atom stereocenters. The van der Waals surface area contributed by atoms with Crippen LogP contribution < -0.4 is 14.8 Å². The summed E-state index contributed by atoms with van der Waals surface area (Å²) in [6, 6.07) is 19.2. The van der Waals surface area contributed by atoms with Gasteiger partial charge in [0.05, 0.1) is 23.9 Å². The summed E-state index contributed by atoms with van der Waals surface area (Å²) < 4.78 is 11.1. The number of fused-ring (bicyclic) bond motifs is 3. The van der Waals surface area contributed by atoms with Crippen LogP contribution in [0.15, 0.2) is 84.4 Å². The van der Waals surface area contributed by atoms with E-state index in [4.69, 9.17) is 21.1 Å². The van der Waals surface area contributed by atoms with Crippen molar-refractivity contribution in [3.05, 3.63) is 107 Å².